The second kappa shape index (κ2) is 13.0. The third kappa shape index (κ3) is 6.29. The van der Waals surface area contributed by atoms with E-state index in [1.54, 1.807) is 46.6 Å². The molecule has 0 amide bonds. The zero-order valence-electron chi connectivity index (χ0n) is 23.3. The number of hydrogen-bond acceptors (Lipinski definition) is 8. The number of sulfonamides is 1. The van der Waals surface area contributed by atoms with Gasteiger partial charge in [0.15, 0.2) is 11.5 Å². The first kappa shape index (κ1) is 29.1. The van der Waals surface area contributed by atoms with Crippen LogP contribution in [0.4, 0.5) is 5.69 Å². The van der Waals surface area contributed by atoms with Crippen LogP contribution in [0.1, 0.15) is 24.0 Å². The maximum atomic E-state index is 14.2. The van der Waals surface area contributed by atoms with Gasteiger partial charge in [-0.3, -0.25) is 0 Å². The van der Waals surface area contributed by atoms with Gasteiger partial charge in [-0.1, -0.05) is 24.3 Å². The molecule has 0 fully saturated rings. The molecular weight excluding hydrogens is 532 g/mol. The van der Waals surface area contributed by atoms with Gasteiger partial charge >= 0.3 is 0 Å². The van der Waals surface area contributed by atoms with E-state index < -0.39 is 10.0 Å². The van der Waals surface area contributed by atoms with Crippen molar-refractivity contribution in [1.82, 2.24) is 4.31 Å². The normalized spacial score (nSPS) is 16.1. The van der Waals surface area contributed by atoms with Crippen LogP contribution >= 0.6 is 0 Å². The average molecular weight is 569 g/mol. The summed E-state index contributed by atoms with van der Waals surface area (Å²) in [6, 6.07) is 16.3. The van der Waals surface area contributed by atoms with Gasteiger partial charge < -0.3 is 29.0 Å². The molecule has 0 aromatic heterocycles. The van der Waals surface area contributed by atoms with Gasteiger partial charge in [-0.15, -0.1) is 6.58 Å². The molecule has 0 radical (unpaired) electrons. The first-order valence-corrected chi connectivity index (χ1v) is 14.3. The molecule has 3 aromatic rings. The highest BCUT2D eigenvalue weighted by Gasteiger charge is 2.36. The Morgan fingerprint density at radius 2 is 1.68 bits per heavy atom. The molecule has 0 spiro atoms. The number of methoxy groups -OCH3 is 4. The minimum atomic E-state index is -3.94. The molecule has 1 N–H and O–H groups in total. The molecular formula is C30H36N2O7S. The lowest BCUT2D eigenvalue weighted by Crippen LogP contribution is -2.36. The van der Waals surface area contributed by atoms with Crippen LogP contribution in [0.3, 0.4) is 0 Å². The number of nitrogens with zero attached hydrogens (tertiary/aromatic N) is 1. The van der Waals surface area contributed by atoms with Gasteiger partial charge in [-0.05, 0) is 60.4 Å². The predicted molar refractivity (Wildman–Crippen MR) is 154 cm³/mol. The van der Waals surface area contributed by atoms with E-state index in [1.807, 2.05) is 42.5 Å². The van der Waals surface area contributed by atoms with E-state index >= 15 is 0 Å². The minimum absolute atomic E-state index is 0.108. The zero-order chi connectivity index (χ0) is 28.7. The predicted octanol–water partition coefficient (Wildman–Crippen LogP) is 5.25. The quantitative estimate of drug-likeness (QED) is 0.296. The van der Waals surface area contributed by atoms with Gasteiger partial charge in [0.25, 0.3) is 0 Å². The first-order chi connectivity index (χ1) is 19.3. The van der Waals surface area contributed by atoms with Crippen molar-refractivity contribution in [2.24, 2.45) is 0 Å². The summed E-state index contributed by atoms with van der Waals surface area (Å²) < 4.78 is 57.8. The number of nitrogens with one attached hydrogen (secondary N) is 1. The Morgan fingerprint density at radius 1 is 0.975 bits per heavy atom. The van der Waals surface area contributed by atoms with Crippen molar-refractivity contribution in [3.05, 3.63) is 78.4 Å². The van der Waals surface area contributed by atoms with Crippen molar-refractivity contribution in [2.75, 3.05) is 40.3 Å². The van der Waals surface area contributed by atoms with Crippen LogP contribution in [0.5, 0.6) is 28.7 Å². The molecule has 9 nitrogen and oxygen atoms in total. The van der Waals surface area contributed by atoms with Crippen molar-refractivity contribution in [3.8, 4) is 28.7 Å². The highest BCUT2D eigenvalue weighted by atomic mass is 32.2. The summed E-state index contributed by atoms with van der Waals surface area (Å²) in [6.07, 6.45) is 2.82. The molecule has 214 valence electrons. The molecule has 4 rings (SSSR count). The number of anilines is 1. The largest absolute Gasteiger partial charge is 0.497 e. The first-order valence-electron chi connectivity index (χ1n) is 12.9. The fourth-order valence-corrected chi connectivity index (χ4v) is 6.39. The van der Waals surface area contributed by atoms with Crippen molar-refractivity contribution in [1.29, 1.82) is 0 Å². The Hall–Kier alpha value is -3.89. The van der Waals surface area contributed by atoms with E-state index in [9.17, 15) is 8.42 Å². The van der Waals surface area contributed by atoms with Crippen LogP contribution in [0.15, 0.2) is 72.1 Å². The van der Waals surface area contributed by atoms with Crippen molar-refractivity contribution in [2.45, 2.75) is 36.9 Å². The van der Waals surface area contributed by atoms with Gasteiger partial charge in [0.1, 0.15) is 22.5 Å². The lowest BCUT2D eigenvalue weighted by Gasteiger charge is -2.23. The molecule has 1 aliphatic heterocycles. The number of ether oxygens (including phenoxy) is 5. The van der Waals surface area contributed by atoms with E-state index in [0.717, 1.165) is 11.1 Å². The second-order valence-electron chi connectivity index (χ2n) is 9.27. The number of rotatable bonds is 12. The smallest absolute Gasteiger partial charge is 0.249 e. The van der Waals surface area contributed by atoms with Gasteiger partial charge in [-0.2, -0.15) is 4.31 Å². The summed E-state index contributed by atoms with van der Waals surface area (Å²) in [5.41, 5.74) is 2.10. The Labute approximate surface area is 236 Å². The standard InChI is InChI=1S/C30H36N2O7S/c1-6-7-9-24-20-32(19-21-12-14-23(35-2)15-13-21)40(33,34)30-25(10-8-11-26(30)39-24)31-18-22-16-27(36-3)29(38-5)28(17-22)37-4/h6,8,10-17,24,31H,1,7,9,18-20H2,2-5H3. The zero-order valence-corrected chi connectivity index (χ0v) is 24.1. The summed E-state index contributed by atoms with van der Waals surface area (Å²) in [7, 11) is 2.30. The molecule has 0 bridgehead atoms. The second-order valence-corrected chi connectivity index (χ2v) is 11.1. The SMILES string of the molecule is C=CCCC1CN(Cc2ccc(OC)cc2)S(=O)(=O)c2c(NCc3cc(OC)c(OC)c(OC)c3)cccc2O1. The van der Waals surface area contributed by atoms with Crippen LogP contribution < -0.4 is 29.0 Å². The van der Waals surface area contributed by atoms with E-state index in [1.165, 1.54) is 4.31 Å². The third-order valence-electron chi connectivity index (χ3n) is 6.70. The number of allylic oxidation sites excluding steroid dienone is 1. The van der Waals surface area contributed by atoms with Crippen molar-refractivity contribution in [3.63, 3.8) is 0 Å². The summed E-state index contributed by atoms with van der Waals surface area (Å²) in [5, 5.41) is 3.30. The van der Waals surface area contributed by atoms with E-state index in [-0.39, 0.29) is 24.1 Å². The lowest BCUT2D eigenvalue weighted by molar-refractivity contribution is 0.164. The van der Waals surface area contributed by atoms with E-state index in [2.05, 4.69) is 11.9 Å². The van der Waals surface area contributed by atoms with Crippen molar-refractivity contribution < 1.29 is 32.1 Å². The van der Waals surface area contributed by atoms with Crippen molar-refractivity contribution >= 4 is 15.7 Å². The van der Waals surface area contributed by atoms with E-state index in [4.69, 9.17) is 23.7 Å². The molecule has 3 aromatic carbocycles. The Morgan fingerprint density at radius 3 is 2.27 bits per heavy atom. The number of benzene rings is 3. The maximum absolute atomic E-state index is 14.2. The summed E-state index contributed by atoms with van der Waals surface area (Å²) in [6.45, 7) is 4.53. The summed E-state index contributed by atoms with van der Waals surface area (Å²) in [4.78, 5) is 0.108. The van der Waals surface area contributed by atoms with Crippen LogP contribution in [0.2, 0.25) is 0 Å². The third-order valence-corrected chi connectivity index (χ3v) is 8.59. The number of fused-ring (bicyclic) bond motifs is 1. The van der Waals surface area contributed by atoms with Gasteiger partial charge in [0.05, 0.1) is 40.7 Å². The maximum Gasteiger partial charge on any atom is 0.249 e. The van der Waals surface area contributed by atoms with Crippen LogP contribution in [0.25, 0.3) is 0 Å². The summed E-state index contributed by atoms with van der Waals surface area (Å²) in [5.74, 6) is 2.53. The van der Waals surface area contributed by atoms with Gasteiger partial charge in [0, 0.05) is 13.1 Å². The highest BCUT2D eigenvalue weighted by molar-refractivity contribution is 7.89. The fourth-order valence-electron chi connectivity index (χ4n) is 4.66. The topological polar surface area (TPSA) is 95.6 Å². The van der Waals surface area contributed by atoms with Crippen LogP contribution in [-0.4, -0.2) is 53.8 Å². The molecule has 1 aliphatic rings. The molecule has 10 heteroatoms. The summed E-state index contributed by atoms with van der Waals surface area (Å²) >= 11 is 0. The average Bonchev–Trinajstić information content (AvgIpc) is 3.08. The van der Waals surface area contributed by atoms with Gasteiger partial charge in [-0.25, -0.2) is 8.42 Å². The molecule has 1 atom stereocenters. The molecule has 0 saturated carbocycles. The molecule has 40 heavy (non-hydrogen) atoms. The van der Waals surface area contributed by atoms with Gasteiger partial charge in [0.2, 0.25) is 15.8 Å². The number of hydrogen-bond donors (Lipinski definition) is 1. The Bertz CT molecular complexity index is 1400. The molecule has 0 aliphatic carbocycles. The van der Waals surface area contributed by atoms with E-state index in [0.29, 0.717) is 53.8 Å². The molecule has 1 heterocycles. The Balaban J connectivity index is 1.70. The van der Waals surface area contributed by atoms with Crippen LogP contribution in [0, 0.1) is 0 Å². The highest BCUT2D eigenvalue weighted by Crippen LogP contribution is 2.40. The molecule has 1 unspecified atom stereocenters. The fraction of sp³-hybridized carbons (Fsp3) is 0.333. The van der Waals surface area contributed by atoms with Crippen LogP contribution in [-0.2, 0) is 23.1 Å². The Kier molecular flexibility index (Phi) is 9.44. The lowest BCUT2D eigenvalue weighted by atomic mass is 10.1. The monoisotopic (exact) mass is 568 g/mol. The minimum Gasteiger partial charge on any atom is -0.497 e. The molecule has 0 saturated heterocycles.